The highest BCUT2D eigenvalue weighted by atomic mass is 35.5. The lowest BCUT2D eigenvalue weighted by atomic mass is 10.1. The maximum atomic E-state index is 6.17. The molecule has 2 nitrogen and oxygen atoms in total. The average molecular weight is 251 g/mol. The Hall–Kier alpha value is -0.570. The summed E-state index contributed by atoms with van der Waals surface area (Å²) in [7, 11) is 0. The zero-order valence-corrected chi connectivity index (χ0v) is 10.8. The van der Waals surface area contributed by atoms with Crippen molar-refractivity contribution >= 4 is 11.6 Å². The number of rotatable bonds is 3. The molecule has 17 heavy (non-hydrogen) atoms. The van der Waals surface area contributed by atoms with Gasteiger partial charge in [-0.2, -0.15) is 0 Å². The first-order valence-corrected chi connectivity index (χ1v) is 6.93. The third-order valence-electron chi connectivity index (χ3n) is 4.12. The molecule has 2 aliphatic rings. The molecule has 0 saturated carbocycles. The molecule has 1 aromatic rings. The second-order valence-electron chi connectivity index (χ2n) is 5.11. The monoisotopic (exact) mass is 250 g/mol. The molecule has 0 radical (unpaired) electrons. The molecule has 2 unspecified atom stereocenters. The molecule has 0 aliphatic carbocycles. The summed E-state index contributed by atoms with van der Waals surface area (Å²) in [6, 6.07) is 9.55. The Labute approximate surface area is 108 Å². The normalized spacial score (nSPS) is 28.5. The van der Waals surface area contributed by atoms with Crippen LogP contribution < -0.4 is 5.32 Å². The predicted octanol–water partition coefficient (Wildman–Crippen LogP) is 2.67. The lowest BCUT2D eigenvalue weighted by Gasteiger charge is -2.21. The van der Waals surface area contributed by atoms with Gasteiger partial charge in [-0.05, 0) is 37.4 Å². The van der Waals surface area contributed by atoms with Crippen LogP contribution in [0.2, 0.25) is 5.02 Å². The first-order chi connectivity index (χ1) is 8.34. The highest BCUT2D eigenvalue weighted by Crippen LogP contribution is 2.28. The van der Waals surface area contributed by atoms with E-state index in [4.69, 9.17) is 11.6 Å². The summed E-state index contributed by atoms with van der Waals surface area (Å²) in [4.78, 5) is 2.63. The van der Waals surface area contributed by atoms with Gasteiger partial charge in [0.1, 0.15) is 0 Å². The lowest BCUT2D eigenvalue weighted by molar-refractivity contribution is 0.298. The van der Waals surface area contributed by atoms with Crippen LogP contribution in [-0.4, -0.2) is 30.1 Å². The van der Waals surface area contributed by atoms with Gasteiger partial charge in [-0.15, -0.1) is 0 Å². The fourth-order valence-corrected chi connectivity index (χ4v) is 3.41. The lowest BCUT2D eigenvalue weighted by Crippen LogP contribution is -2.38. The maximum Gasteiger partial charge on any atom is 0.0450 e. The van der Waals surface area contributed by atoms with Crippen LogP contribution in [0.15, 0.2) is 24.3 Å². The molecule has 2 heterocycles. The van der Waals surface area contributed by atoms with E-state index in [1.807, 2.05) is 12.1 Å². The molecule has 1 aromatic carbocycles. The van der Waals surface area contributed by atoms with Gasteiger partial charge >= 0.3 is 0 Å². The minimum absolute atomic E-state index is 0.661. The van der Waals surface area contributed by atoms with Crippen LogP contribution in [0.4, 0.5) is 0 Å². The molecule has 2 saturated heterocycles. The molecule has 92 valence electrons. The minimum Gasteiger partial charge on any atom is -0.308 e. The van der Waals surface area contributed by atoms with Crippen LogP contribution in [0.3, 0.4) is 0 Å². The van der Waals surface area contributed by atoms with E-state index in [0.717, 1.165) is 17.6 Å². The Balaban J connectivity index is 1.60. The van der Waals surface area contributed by atoms with Crippen molar-refractivity contribution in [2.45, 2.75) is 37.9 Å². The fraction of sp³-hybridized carbons (Fsp3) is 0.571. The first kappa shape index (κ1) is 11.5. The predicted molar refractivity (Wildman–Crippen MR) is 71.3 cm³/mol. The molecular weight excluding hydrogens is 232 g/mol. The van der Waals surface area contributed by atoms with E-state index in [1.165, 1.54) is 37.9 Å². The Bertz CT molecular complexity index is 394. The van der Waals surface area contributed by atoms with Crippen LogP contribution in [0, 0.1) is 0 Å². The standard InChI is InChI=1S/C14H19ClN2/c15-12-5-2-1-4-11(12)10-16-13-7-9-17-8-3-6-14(13)17/h1-2,4-5,13-14,16H,3,6-10H2. The summed E-state index contributed by atoms with van der Waals surface area (Å²) < 4.78 is 0. The Kier molecular flexibility index (Phi) is 3.37. The van der Waals surface area contributed by atoms with Crippen molar-refractivity contribution in [3.63, 3.8) is 0 Å². The van der Waals surface area contributed by atoms with E-state index in [-0.39, 0.29) is 0 Å². The average Bonchev–Trinajstić information content (AvgIpc) is 2.91. The van der Waals surface area contributed by atoms with Crippen molar-refractivity contribution in [1.82, 2.24) is 10.2 Å². The van der Waals surface area contributed by atoms with Gasteiger partial charge in [0.25, 0.3) is 0 Å². The van der Waals surface area contributed by atoms with E-state index < -0.39 is 0 Å². The number of hydrogen-bond donors (Lipinski definition) is 1. The molecule has 0 aromatic heterocycles. The highest BCUT2D eigenvalue weighted by molar-refractivity contribution is 6.31. The van der Waals surface area contributed by atoms with Crippen molar-refractivity contribution in [3.8, 4) is 0 Å². The number of benzene rings is 1. The molecule has 3 rings (SSSR count). The van der Waals surface area contributed by atoms with Crippen LogP contribution >= 0.6 is 11.6 Å². The van der Waals surface area contributed by atoms with Crippen molar-refractivity contribution in [3.05, 3.63) is 34.9 Å². The van der Waals surface area contributed by atoms with Crippen LogP contribution in [0.1, 0.15) is 24.8 Å². The summed E-state index contributed by atoms with van der Waals surface area (Å²) >= 11 is 6.17. The van der Waals surface area contributed by atoms with Crippen molar-refractivity contribution in [2.24, 2.45) is 0 Å². The molecular formula is C14H19ClN2. The second-order valence-corrected chi connectivity index (χ2v) is 5.52. The third kappa shape index (κ3) is 2.35. The van der Waals surface area contributed by atoms with Crippen molar-refractivity contribution in [2.75, 3.05) is 13.1 Å². The van der Waals surface area contributed by atoms with Gasteiger partial charge in [-0.25, -0.2) is 0 Å². The molecule has 2 fully saturated rings. The summed E-state index contributed by atoms with van der Waals surface area (Å²) in [5.74, 6) is 0. The summed E-state index contributed by atoms with van der Waals surface area (Å²) in [5, 5.41) is 4.56. The van der Waals surface area contributed by atoms with Crippen LogP contribution in [-0.2, 0) is 6.54 Å². The molecule has 3 heteroatoms. The third-order valence-corrected chi connectivity index (χ3v) is 4.49. The SMILES string of the molecule is Clc1ccccc1CNC1CCN2CCCC12. The van der Waals surface area contributed by atoms with Crippen LogP contribution in [0.25, 0.3) is 0 Å². The van der Waals surface area contributed by atoms with E-state index in [1.54, 1.807) is 0 Å². The van der Waals surface area contributed by atoms with Gasteiger partial charge < -0.3 is 5.32 Å². The summed E-state index contributed by atoms with van der Waals surface area (Å²) in [6.45, 7) is 3.47. The van der Waals surface area contributed by atoms with E-state index >= 15 is 0 Å². The minimum atomic E-state index is 0.661. The summed E-state index contributed by atoms with van der Waals surface area (Å²) in [5.41, 5.74) is 1.21. The molecule has 0 amide bonds. The van der Waals surface area contributed by atoms with Gasteiger partial charge in [-0.3, -0.25) is 4.90 Å². The number of hydrogen-bond acceptors (Lipinski definition) is 2. The fourth-order valence-electron chi connectivity index (χ4n) is 3.20. The second kappa shape index (κ2) is 4.97. The highest BCUT2D eigenvalue weighted by Gasteiger charge is 2.36. The molecule has 0 bridgehead atoms. The Morgan fingerprint density at radius 3 is 3.00 bits per heavy atom. The van der Waals surface area contributed by atoms with Crippen molar-refractivity contribution < 1.29 is 0 Å². The number of nitrogens with zero attached hydrogens (tertiary/aromatic N) is 1. The molecule has 2 aliphatic heterocycles. The molecule has 1 N–H and O–H groups in total. The smallest absolute Gasteiger partial charge is 0.0450 e. The zero-order chi connectivity index (χ0) is 11.7. The van der Waals surface area contributed by atoms with Crippen molar-refractivity contribution in [1.29, 1.82) is 0 Å². The van der Waals surface area contributed by atoms with Gasteiger partial charge in [0, 0.05) is 30.2 Å². The largest absolute Gasteiger partial charge is 0.308 e. The number of fused-ring (bicyclic) bond motifs is 1. The summed E-state index contributed by atoms with van der Waals surface area (Å²) in [6.07, 6.45) is 4.02. The van der Waals surface area contributed by atoms with E-state index in [0.29, 0.717) is 6.04 Å². The maximum absolute atomic E-state index is 6.17. The topological polar surface area (TPSA) is 15.3 Å². The molecule has 2 atom stereocenters. The van der Waals surface area contributed by atoms with E-state index in [9.17, 15) is 0 Å². The van der Waals surface area contributed by atoms with Gasteiger partial charge in [-0.1, -0.05) is 29.8 Å². The van der Waals surface area contributed by atoms with Gasteiger partial charge in [0.15, 0.2) is 0 Å². The first-order valence-electron chi connectivity index (χ1n) is 6.55. The Morgan fingerprint density at radius 1 is 1.24 bits per heavy atom. The number of halogens is 1. The van der Waals surface area contributed by atoms with E-state index in [2.05, 4.69) is 22.3 Å². The van der Waals surface area contributed by atoms with Gasteiger partial charge in [0.2, 0.25) is 0 Å². The quantitative estimate of drug-likeness (QED) is 0.888. The number of nitrogens with one attached hydrogen (secondary N) is 1. The Morgan fingerprint density at radius 2 is 2.12 bits per heavy atom. The molecule has 0 spiro atoms. The van der Waals surface area contributed by atoms with Gasteiger partial charge in [0.05, 0.1) is 0 Å². The van der Waals surface area contributed by atoms with Crippen LogP contribution in [0.5, 0.6) is 0 Å². The zero-order valence-electron chi connectivity index (χ0n) is 10.0.